The van der Waals surface area contributed by atoms with E-state index in [1.165, 1.54) is 11.3 Å². The standard InChI is InChI=1S/C9H8ClN3S2/c10-8-2-1-7(11)3-6(8)4-14-9-13-12-5-15-9/h1-3,5H,4,11H2. The van der Waals surface area contributed by atoms with E-state index in [-0.39, 0.29) is 0 Å². The predicted octanol–water partition coefficient (Wildman–Crippen LogP) is 3.07. The maximum atomic E-state index is 6.03. The minimum Gasteiger partial charge on any atom is -0.399 e. The molecule has 3 nitrogen and oxygen atoms in total. The van der Waals surface area contributed by atoms with E-state index in [0.29, 0.717) is 0 Å². The number of nitrogens with two attached hydrogens (primary N) is 1. The average Bonchev–Trinajstić information content (AvgIpc) is 2.72. The van der Waals surface area contributed by atoms with Gasteiger partial charge in [0.1, 0.15) is 5.51 Å². The summed E-state index contributed by atoms with van der Waals surface area (Å²) in [5.74, 6) is 0.763. The van der Waals surface area contributed by atoms with Gasteiger partial charge in [-0.3, -0.25) is 0 Å². The Kier molecular flexibility index (Phi) is 3.45. The van der Waals surface area contributed by atoms with Crippen molar-refractivity contribution in [2.75, 3.05) is 5.73 Å². The molecule has 0 aliphatic heterocycles. The highest BCUT2D eigenvalue weighted by Gasteiger charge is 2.03. The van der Waals surface area contributed by atoms with Crippen molar-refractivity contribution in [3.8, 4) is 0 Å². The Balaban J connectivity index is 2.07. The maximum Gasteiger partial charge on any atom is 0.174 e. The Bertz CT molecular complexity index is 445. The first-order valence-electron chi connectivity index (χ1n) is 4.18. The van der Waals surface area contributed by atoms with E-state index in [1.54, 1.807) is 23.3 Å². The number of hydrogen-bond donors (Lipinski definition) is 1. The minimum atomic E-state index is 0.729. The lowest BCUT2D eigenvalue weighted by Crippen LogP contribution is -1.88. The predicted molar refractivity (Wildman–Crippen MR) is 65.3 cm³/mol. The second-order valence-corrected chi connectivity index (χ2v) is 5.31. The Labute approximate surface area is 101 Å². The molecule has 0 fully saturated rings. The molecule has 0 atom stereocenters. The Hall–Kier alpha value is -0.780. The van der Waals surface area contributed by atoms with Crippen LogP contribution >= 0.6 is 34.7 Å². The molecule has 0 radical (unpaired) electrons. The summed E-state index contributed by atoms with van der Waals surface area (Å²) in [6, 6.07) is 5.49. The fraction of sp³-hybridized carbons (Fsp3) is 0.111. The van der Waals surface area contributed by atoms with E-state index < -0.39 is 0 Å². The summed E-state index contributed by atoms with van der Waals surface area (Å²) in [5, 5.41) is 8.44. The van der Waals surface area contributed by atoms with Crippen molar-refractivity contribution < 1.29 is 0 Å². The van der Waals surface area contributed by atoms with Crippen LogP contribution < -0.4 is 5.73 Å². The lowest BCUT2D eigenvalue weighted by molar-refractivity contribution is 1.01. The van der Waals surface area contributed by atoms with Crippen LogP contribution in [0.25, 0.3) is 0 Å². The highest BCUT2D eigenvalue weighted by molar-refractivity contribution is 8.00. The summed E-state index contributed by atoms with van der Waals surface area (Å²) >= 11 is 9.16. The van der Waals surface area contributed by atoms with Crippen molar-refractivity contribution in [1.82, 2.24) is 10.2 Å². The molecule has 0 spiro atoms. The molecule has 0 aliphatic carbocycles. The zero-order valence-electron chi connectivity index (χ0n) is 7.68. The first-order valence-corrected chi connectivity index (χ1v) is 6.43. The summed E-state index contributed by atoms with van der Waals surface area (Å²) in [6.07, 6.45) is 0. The van der Waals surface area contributed by atoms with Crippen LogP contribution in [-0.4, -0.2) is 10.2 Å². The van der Waals surface area contributed by atoms with Crippen molar-refractivity contribution in [2.24, 2.45) is 0 Å². The van der Waals surface area contributed by atoms with Gasteiger partial charge in [0.05, 0.1) is 0 Å². The van der Waals surface area contributed by atoms with Crippen LogP contribution in [0.3, 0.4) is 0 Å². The van der Waals surface area contributed by atoms with Gasteiger partial charge in [-0.1, -0.05) is 34.7 Å². The van der Waals surface area contributed by atoms with E-state index in [9.17, 15) is 0 Å². The molecule has 1 aromatic heterocycles. The number of rotatable bonds is 3. The Morgan fingerprint density at radius 3 is 3.07 bits per heavy atom. The van der Waals surface area contributed by atoms with Crippen LogP contribution in [0.2, 0.25) is 5.02 Å². The summed E-state index contributed by atoms with van der Waals surface area (Å²) in [5.41, 5.74) is 9.15. The summed E-state index contributed by atoms with van der Waals surface area (Å²) < 4.78 is 0.938. The first kappa shape index (κ1) is 10.7. The highest BCUT2D eigenvalue weighted by Crippen LogP contribution is 2.28. The third-order valence-corrected chi connectivity index (χ3v) is 4.04. The fourth-order valence-electron chi connectivity index (χ4n) is 1.07. The summed E-state index contributed by atoms with van der Waals surface area (Å²) in [6.45, 7) is 0. The van der Waals surface area contributed by atoms with E-state index >= 15 is 0 Å². The Morgan fingerprint density at radius 2 is 2.33 bits per heavy atom. The van der Waals surface area contributed by atoms with Crippen molar-refractivity contribution in [1.29, 1.82) is 0 Å². The van der Waals surface area contributed by atoms with Gasteiger partial charge in [0.15, 0.2) is 4.34 Å². The molecular formula is C9H8ClN3S2. The lowest BCUT2D eigenvalue weighted by Gasteiger charge is -2.03. The van der Waals surface area contributed by atoms with E-state index in [2.05, 4.69) is 10.2 Å². The highest BCUT2D eigenvalue weighted by atomic mass is 35.5. The van der Waals surface area contributed by atoms with Gasteiger partial charge in [-0.05, 0) is 23.8 Å². The molecule has 2 aromatic rings. The maximum absolute atomic E-state index is 6.03. The van der Waals surface area contributed by atoms with Gasteiger partial charge < -0.3 is 5.73 Å². The van der Waals surface area contributed by atoms with Gasteiger partial charge in [0.25, 0.3) is 0 Å². The zero-order chi connectivity index (χ0) is 10.7. The molecule has 0 aliphatic rings. The molecule has 0 saturated heterocycles. The molecule has 1 heterocycles. The number of nitrogen functional groups attached to an aromatic ring is 1. The lowest BCUT2D eigenvalue weighted by atomic mass is 10.2. The van der Waals surface area contributed by atoms with Crippen LogP contribution in [0, 0.1) is 0 Å². The second-order valence-electron chi connectivity index (χ2n) is 2.84. The molecule has 0 amide bonds. The third kappa shape index (κ3) is 2.84. The van der Waals surface area contributed by atoms with E-state index in [0.717, 1.165) is 26.4 Å². The second kappa shape index (κ2) is 4.83. The van der Waals surface area contributed by atoms with Gasteiger partial charge in [0, 0.05) is 16.5 Å². The van der Waals surface area contributed by atoms with Crippen LogP contribution in [-0.2, 0) is 5.75 Å². The van der Waals surface area contributed by atoms with Gasteiger partial charge in [-0.15, -0.1) is 10.2 Å². The summed E-state index contributed by atoms with van der Waals surface area (Å²) in [4.78, 5) is 0. The molecule has 0 saturated carbocycles. The zero-order valence-corrected chi connectivity index (χ0v) is 10.1. The normalized spacial score (nSPS) is 10.5. The van der Waals surface area contributed by atoms with Gasteiger partial charge in [0.2, 0.25) is 0 Å². The Morgan fingerprint density at radius 1 is 1.47 bits per heavy atom. The summed E-state index contributed by atoms with van der Waals surface area (Å²) in [7, 11) is 0. The number of aromatic nitrogens is 2. The van der Waals surface area contributed by atoms with Crippen molar-refractivity contribution in [3.63, 3.8) is 0 Å². The van der Waals surface area contributed by atoms with Crippen molar-refractivity contribution in [2.45, 2.75) is 10.1 Å². The SMILES string of the molecule is Nc1ccc(Cl)c(CSc2nncs2)c1. The smallest absolute Gasteiger partial charge is 0.174 e. The number of benzene rings is 1. The topological polar surface area (TPSA) is 51.8 Å². The molecule has 1 aromatic carbocycles. The van der Waals surface area contributed by atoms with Gasteiger partial charge in [-0.25, -0.2) is 0 Å². The van der Waals surface area contributed by atoms with Crippen LogP contribution in [0.5, 0.6) is 0 Å². The molecule has 78 valence electrons. The fourth-order valence-corrected chi connectivity index (χ4v) is 2.81. The quantitative estimate of drug-likeness (QED) is 0.678. The first-order chi connectivity index (χ1) is 7.25. The average molecular weight is 258 g/mol. The van der Waals surface area contributed by atoms with Crippen LogP contribution in [0.1, 0.15) is 5.56 Å². The molecule has 6 heteroatoms. The molecule has 0 unspecified atom stereocenters. The number of halogens is 1. The van der Waals surface area contributed by atoms with Crippen molar-refractivity contribution in [3.05, 3.63) is 34.3 Å². The van der Waals surface area contributed by atoms with Crippen LogP contribution in [0.4, 0.5) is 5.69 Å². The number of anilines is 1. The van der Waals surface area contributed by atoms with E-state index in [1.807, 2.05) is 12.1 Å². The largest absolute Gasteiger partial charge is 0.399 e. The monoisotopic (exact) mass is 257 g/mol. The van der Waals surface area contributed by atoms with Crippen molar-refractivity contribution >= 4 is 40.4 Å². The number of thioether (sulfide) groups is 1. The molecular weight excluding hydrogens is 250 g/mol. The minimum absolute atomic E-state index is 0.729. The van der Waals surface area contributed by atoms with Gasteiger partial charge >= 0.3 is 0 Å². The molecule has 2 N–H and O–H groups in total. The molecule has 0 bridgehead atoms. The third-order valence-electron chi connectivity index (χ3n) is 1.76. The number of nitrogens with zero attached hydrogens (tertiary/aromatic N) is 2. The molecule has 2 rings (SSSR count). The van der Waals surface area contributed by atoms with Gasteiger partial charge in [-0.2, -0.15) is 0 Å². The molecule has 15 heavy (non-hydrogen) atoms. The van der Waals surface area contributed by atoms with Crippen LogP contribution in [0.15, 0.2) is 28.0 Å². The number of hydrogen-bond acceptors (Lipinski definition) is 5. The van der Waals surface area contributed by atoms with E-state index in [4.69, 9.17) is 17.3 Å².